The molecule has 2 aromatic rings. The molecule has 92 valence electrons. The minimum atomic E-state index is -0.329. The molecule has 1 heterocycles. The Bertz CT molecular complexity index is 555. The molecule has 0 radical (unpaired) electrons. The van der Waals surface area contributed by atoms with E-state index >= 15 is 0 Å². The molecule has 0 aromatic heterocycles. The van der Waals surface area contributed by atoms with Crippen LogP contribution in [0, 0.1) is 5.82 Å². The Morgan fingerprint density at radius 3 is 2.33 bits per heavy atom. The van der Waals surface area contributed by atoms with Crippen molar-refractivity contribution in [2.24, 2.45) is 0 Å². The van der Waals surface area contributed by atoms with Gasteiger partial charge in [0.2, 0.25) is 0 Å². The number of nitrogen functional groups attached to an aromatic ring is 1. The molecule has 0 fully saturated rings. The first-order valence-corrected chi connectivity index (χ1v) is 6.06. The van der Waals surface area contributed by atoms with Crippen molar-refractivity contribution in [3.63, 3.8) is 0 Å². The van der Waals surface area contributed by atoms with Crippen LogP contribution in [0.4, 0.5) is 10.1 Å². The third kappa shape index (κ3) is 1.97. The largest absolute Gasteiger partial charge is 0.396 e. The molecule has 0 amide bonds. The summed E-state index contributed by atoms with van der Waals surface area (Å²) in [5, 5.41) is 0. The average molecular weight is 242 g/mol. The van der Waals surface area contributed by atoms with E-state index in [1.54, 1.807) is 6.07 Å². The molecule has 0 spiro atoms. The summed E-state index contributed by atoms with van der Waals surface area (Å²) in [4.78, 5) is 2.27. The summed E-state index contributed by atoms with van der Waals surface area (Å²) in [5.41, 5.74) is 9.61. The van der Waals surface area contributed by atoms with Crippen molar-refractivity contribution in [2.45, 2.75) is 19.6 Å². The van der Waals surface area contributed by atoms with Crippen molar-refractivity contribution in [2.75, 3.05) is 5.73 Å². The predicted molar refractivity (Wildman–Crippen MR) is 70.2 cm³/mol. The van der Waals surface area contributed by atoms with Crippen molar-refractivity contribution in [1.29, 1.82) is 0 Å². The highest BCUT2D eigenvalue weighted by Gasteiger charge is 2.19. The molecule has 1 aliphatic heterocycles. The monoisotopic (exact) mass is 242 g/mol. The minimum Gasteiger partial charge on any atom is -0.396 e. The molecule has 1 aliphatic rings. The van der Waals surface area contributed by atoms with Crippen LogP contribution in [0.15, 0.2) is 42.5 Å². The maximum atomic E-state index is 13.4. The summed E-state index contributed by atoms with van der Waals surface area (Å²) in [5.74, 6) is -0.329. The SMILES string of the molecule is Nc1c(F)cccc1CN1Cc2ccccc2C1. The van der Waals surface area contributed by atoms with Gasteiger partial charge in [0.25, 0.3) is 0 Å². The lowest BCUT2D eigenvalue weighted by Gasteiger charge is -2.16. The molecule has 3 rings (SSSR count). The summed E-state index contributed by atoms with van der Waals surface area (Å²) >= 11 is 0. The van der Waals surface area contributed by atoms with Gasteiger partial charge in [-0.25, -0.2) is 4.39 Å². The smallest absolute Gasteiger partial charge is 0.146 e. The Morgan fingerprint density at radius 1 is 1.00 bits per heavy atom. The van der Waals surface area contributed by atoms with E-state index in [-0.39, 0.29) is 11.5 Å². The molecule has 18 heavy (non-hydrogen) atoms. The van der Waals surface area contributed by atoms with E-state index in [1.165, 1.54) is 17.2 Å². The van der Waals surface area contributed by atoms with Gasteiger partial charge in [0.05, 0.1) is 5.69 Å². The van der Waals surface area contributed by atoms with E-state index in [0.717, 1.165) is 18.7 Å². The van der Waals surface area contributed by atoms with Crippen LogP contribution in [-0.2, 0) is 19.6 Å². The molecule has 2 nitrogen and oxygen atoms in total. The number of hydrogen-bond acceptors (Lipinski definition) is 2. The second-order valence-corrected chi connectivity index (χ2v) is 4.73. The summed E-state index contributed by atoms with van der Waals surface area (Å²) in [7, 11) is 0. The number of halogens is 1. The predicted octanol–water partition coefficient (Wildman–Crippen LogP) is 2.92. The minimum absolute atomic E-state index is 0.272. The van der Waals surface area contributed by atoms with Crippen LogP contribution in [0.25, 0.3) is 0 Å². The molecule has 0 unspecified atom stereocenters. The highest BCUT2D eigenvalue weighted by Crippen LogP contribution is 2.26. The lowest BCUT2D eigenvalue weighted by molar-refractivity contribution is 0.275. The second-order valence-electron chi connectivity index (χ2n) is 4.73. The normalized spacial score (nSPS) is 14.7. The molecule has 2 N–H and O–H groups in total. The number of rotatable bonds is 2. The van der Waals surface area contributed by atoms with Gasteiger partial charge in [0.15, 0.2) is 0 Å². The van der Waals surface area contributed by atoms with E-state index in [1.807, 2.05) is 6.07 Å². The van der Waals surface area contributed by atoms with Gasteiger partial charge < -0.3 is 5.73 Å². The van der Waals surface area contributed by atoms with Crippen LogP contribution in [0.1, 0.15) is 16.7 Å². The topological polar surface area (TPSA) is 29.3 Å². The number of fused-ring (bicyclic) bond motifs is 1. The van der Waals surface area contributed by atoms with Crippen LogP contribution >= 0.6 is 0 Å². The number of anilines is 1. The summed E-state index contributed by atoms with van der Waals surface area (Å²) in [6.45, 7) is 2.51. The third-order valence-electron chi connectivity index (χ3n) is 3.44. The number of benzene rings is 2. The van der Waals surface area contributed by atoms with Crippen LogP contribution in [-0.4, -0.2) is 4.90 Å². The first-order chi connectivity index (χ1) is 8.74. The van der Waals surface area contributed by atoms with E-state index < -0.39 is 0 Å². The molecule has 2 aromatic carbocycles. The van der Waals surface area contributed by atoms with Crippen molar-refractivity contribution >= 4 is 5.69 Å². The van der Waals surface area contributed by atoms with Gasteiger partial charge in [-0.1, -0.05) is 36.4 Å². The summed E-state index contributed by atoms with van der Waals surface area (Å²) in [6, 6.07) is 13.4. The number of nitrogens with zero attached hydrogens (tertiary/aromatic N) is 1. The molecule has 0 atom stereocenters. The molecular formula is C15H15FN2. The van der Waals surface area contributed by atoms with E-state index in [2.05, 4.69) is 29.2 Å². The lowest BCUT2D eigenvalue weighted by atomic mass is 10.1. The number of para-hydroxylation sites is 1. The summed E-state index contributed by atoms with van der Waals surface area (Å²) < 4.78 is 13.4. The van der Waals surface area contributed by atoms with Crippen LogP contribution in [0.5, 0.6) is 0 Å². The molecule has 0 bridgehead atoms. The Hall–Kier alpha value is -1.87. The molecule has 0 saturated heterocycles. The fourth-order valence-electron chi connectivity index (χ4n) is 2.48. The second kappa shape index (κ2) is 4.42. The van der Waals surface area contributed by atoms with Gasteiger partial charge in [0, 0.05) is 19.6 Å². The quantitative estimate of drug-likeness (QED) is 0.820. The first kappa shape index (κ1) is 11.2. The standard InChI is InChI=1S/C15H15FN2/c16-14-7-3-6-13(15(14)17)10-18-8-11-4-1-2-5-12(11)9-18/h1-7H,8-10,17H2. The highest BCUT2D eigenvalue weighted by molar-refractivity contribution is 5.48. The van der Waals surface area contributed by atoms with Gasteiger partial charge in [0.1, 0.15) is 5.82 Å². The Morgan fingerprint density at radius 2 is 1.67 bits per heavy atom. The fourth-order valence-corrected chi connectivity index (χ4v) is 2.48. The van der Waals surface area contributed by atoms with Crippen LogP contribution < -0.4 is 5.73 Å². The highest BCUT2D eigenvalue weighted by atomic mass is 19.1. The van der Waals surface area contributed by atoms with Crippen LogP contribution in [0.3, 0.4) is 0 Å². The maximum Gasteiger partial charge on any atom is 0.146 e. The molecule has 0 saturated carbocycles. The first-order valence-electron chi connectivity index (χ1n) is 6.06. The van der Waals surface area contributed by atoms with E-state index in [4.69, 9.17) is 5.73 Å². The maximum absolute atomic E-state index is 13.4. The zero-order chi connectivity index (χ0) is 12.5. The van der Waals surface area contributed by atoms with Gasteiger partial charge in [-0.05, 0) is 22.8 Å². The zero-order valence-corrected chi connectivity index (χ0v) is 10.1. The van der Waals surface area contributed by atoms with Gasteiger partial charge in [-0.15, -0.1) is 0 Å². The molecule has 3 heteroatoms. The van der Waals surface area contributed by atoms with Crippen molar-refractivity contribution in [3.8, 4) is 0 Å². The lowest BCUT2D eigenvalue weighted by Crippen LogP contribution is -2.17. The number of hydrogen-bond donors (Lipinski definition) is 1. The Balaban J connectivity index is 1.78. The van der Waals surface area contributed by atoms with Gasteiger partial charge in [-0.2, -0.15) is 0 Å². The summed E-state index contributed by atoms with van der Waals surface area (Å²) in [6.07, 6.45) is 0. The Labute approximate surface area is 106 Å². The Kier molecular flexibility index (Phi) is 2.76. The van der Waals surface area contributed by atoms with Crippen molar-refractivity contribution < 1.29 is 4.39 Å². The van der Waals surface area contributed by atoms with Gasteiger partial charge >= 0.3 is 0 Å². The van der Waals surface area contributed by atoms with Crippen LogP contribution in [0.2, 0.25) is 0 Å². The fraction of sp³-hybridized carbons (Fsp3) is 0.200. The third-order valence-corrected chi connectivity index (χ3v) is 3.44. The number of nitrogens with two attached hydrogens (primary N) is 1. The molecule has 0 aliphatic carbocycles. The van der Waals surface area contributed by atoms with Crippen molar-refractivity contribution in [3.05, 3.63) is 65.0 Å². The van der Waals surface area contributed by atoms with E-state index in [9.17, 15) is 4.39 Å². The molecular weight excluding hydrogens is 227 g/mol. The van der Waals surface area contributed by atoms with Gasteiger partial charge in [-0.3, -0.25) is 4.90 Å². The van der Waals surface area contributed by atoms with E-state index in [0.29, 0.717) is 6.54 Å². The zero-order valence-electron chi connectivity index (χ0n) is 10.1. The average Bonchev–Trinajstić information content (AvgIpc) is 2.77. The van der Waals surface area contributed by atoms with Crippen molar-refractivity contribution in [1.82, 2.24) is 4.90 Å².